The molecule has 1 aromatic carbocycles. The third-order valence-corrected chi connectivity index (χ3v) is 4.51. The predicted octanol–water partition coefficient (Wildman–Crippen LogP) is 3.20. The molecule has 2 amide bonds. The molecule has 27 heavy (non-hydrogen) atoms. The molecule has 0 radical (unpaired) electrons. The van der Waals surface area contributed by atoms with E-state index in [1.165, 1.54) is 6.92 Å². The monoisotopic (exact) mass is 413 g/mol. The maximum absolute atomic E-state index is 12.4. The fourth-order valence-corrected chi connectivity index (χ4v) is 2.80. The topological polar surface area (TPSA) is 132 Å². The number of phenols is 1. The number of carbonyl (C=O) groups is 2. The van der Waals surface area contributed by atoms with Crippen LogP contribution in [-0.2, 0) is 0 Å². The molecule has 2 aromatic rings. The molecule has 2 N–H and O–H groups in total. The van der Waals surface area contributed by atoms with Gasteiger partial charge in [-0.05, 0) is 25.5 Å². The Kier molecular flexibility index (Phi) is 5.87. The Balaban J connectivity index is 2.41. The van der Waals surface area contributed by atoms with Gasteiger partial charge in [0.05, 0.1) is 33.9 Å². The maximum Gasteiger partial charge on any atom is 0.315 e. The summed E-state index contributed by atoms with van der Waals surface area (Å²) in [6.45, 7) is 3.15. The number of pyridine rings is 1. The lowest BCUT2D eigenvalue weighted by Gasteiger charge is -2.12. The van der Waals surface area contributed by atoms with E-state index in [9.17, 15) is 24.8 Å². The van der Waals surface area contributed by atoms with Gasteiger partial charge in [-0.25, -0.2) is 4.98 Å². The van der Waals surface area contributed by atoms with Gasteiger partial charge in [0.1, 0.15) is 5.15 Å². The number of hydrogen-bond acceptors (Lipinski definition) is 7. The Morgan fingerprint density at radius 1 is 1.26 bits per heavy atom. The molecule has 11 heteroatoms. The number of rotatable bonds is 4. The third kappa shape index (κ3) is 3.93. The Hall–Kier alpha value is -2.91. The summed E-state index contributed by atoms with van der Waals surface area (Å²) in [5, 5.41) is 22.9. The second kappa shape index (κ2) is 7.77. The van der Waals surface area contributed by atoms with Gasteiger partial charge in [-0.1, -0.05) is 23.2 Å². The number of nitrogens with zero attached hydrogens (tertiary/aromatic N) is 2. The van der Waals surface area contributed by atoms with Crippen LogP contribution in [0.25, 0.3) is 0 Å². The van der Waals surface area contributed by atoms with E-state index >= 15 is 0 Å². The van der Waals surface area contributed by atoms with Crippen molar-refractivity contribution in [3.8, 4) is 11.5 Å². The predicted molar refractivity (Wildman–Crippen MR) is 96.8 cm³/mol. The molecule has 2 rings (SSSR count). The SMILES string of the molecule is COc1cc(C(=O)NC(=O)c2c(Cl)nc(C)c(Cl)c2C)cc([N+](=O)[O-])c1O. The van der Waals surface area contributed by atoms with Crippen LogP contribution in [0, 0.1) is 24.0 Å². The number of amides is 2. The number of hydrogen-bond donors (Lipinski definition) is 2. The lowest BCUT2D eigenvalue weighted by atomic mass is 10.1. The summed E-state index contributed by atoms with van der Waals surface area (Å²) in [5.41, 5.74) is -0.374. The number of aromatic hydroxyl groups is 1. The standard InChI is InChI=1S/C16H13Cl2N3O6/c1-6-11(14(18)19-7(2)12(6)17)16(24)20-15(23)8-4-9(21(25)26)13(22)10(5-8)27-3/h4-5,22H,1-3H3,(H,20,23,24). The normalized spacial score (nSPS) is 10.4. The number of aromatic nitrogens is 1. The van der Waals surface area contributed by atoms with E-state index in [0.717, 1.165) is 19.2 Å². The van der Waals surface area contributed by atoms with Crippen LogP contribution < -0.4 is 10.1 Å². The molecule has 0 aliphatic rings. The second-order valence-electron chi connectivity index (χ2n) is 5.39. The Morgan fingerprint density at radius 2 is 1.89 bits per heavy atom. The summed E-state index contributed by atoms with van der Waals surface area (Å²) in [4.78, 5) is 38.9. The zero-order chi connectivity index (χ0) is 20.5. The summed E-state index contributed by atoms with van der Waals surface area (Å²) in [6, 6.07) is 1.87. The molecule has 0 spiro atoms. The molecule has 0 saturated carbocycles. The third-order valence-electron chi connectivity index (χ3n) is 3.68. The first kappa shape index (κ1) is 20.4. The first-order valence-electron chi connectivity index (χ1n) is 7.31. The van der Waals surface area contributed by atoms with Gasteiger partial charge in [-0.15, -0.1) is 0 Å². The summed E-state index contributed by atoms with van der Waals surface area (Å²) >= 11 is 12.0. The number of imide groups is 1. The van der Waals surface area contributed by atoms with Crippen LogP contribution in [0.5, 0.6) is 11.5 Å². The van der Waals surface area contributed by atoms with E-state index in [4.69, 9.17) is 27.9 Å². The minimum atomic E-state index is -0.964. The largest absolute Gasteiger partial charge is 0.500 e. The van der Waals surface area contributed by atoms with Crippen LogP contribution in [0.15, 0.2) is 12.1 Å². The fourth-order valence-electron chi connectivity index (χ4n) is 2.31. The van der Waals surface area contributed by atoms with E-state index in [-0.39, 0.29) is 27.1 Å². The van der Waals surface area contributed by atoms with Crippen LogP contribution in [0.2, 0.25) is 10.2 Å². The number of phenolic OH excluding ortho intramolecular Hbond substituents is 1. The number of aryl methyl sites for hydroxylation is 1. The number of ether oxygens (including phenoxy) is 1. The smallest absolute Gasteiger partial charge is 0.315 e. The van der Waals surface area contributed by atoms with Crippen molar-refractivity contribution < 1.29 is 24.4 Å². The summed E-state index contributed by atoms with van der Waals surface area (Å²) in [6.07, 6.45) is 0. The highest BCUT2D eigenvalue weighted by atomic mass is 35.5. The maximum atomic E-state index is 12.4. The highest BCUT2D eigenvalue weighted by molar-refractivity contribution is 6.36. The van der Waals surface area contributed by atoms with Crippen molar-refractivity contribution in [3.63, 3.8) is 0 Å². The number of halogens is 2. The van der Waals surface area contributed by atoms with Crippen LogP contribution >= 0.6 is 23.2 Å². The number of benzene rings is 1. The highest BCUT2D eigenvalue weighted by Crippen LogP contribution is 2.37. The average molecular weight is 414 g/mol. The Bertz CT molecular complexity index is 977. The first-order chi connectivity index (χ1) is 12.6. The Morgan fingerprint density at radius 3 is 2.44 bits per heavy atom. The first-order valence-corrected chi connectivity index (χ1v) is 8.07. The van der Waals surface area contributed by atoms with Gasteiger partial charge < -0.3 is 9.84 Å². The second-order valence-corrected chi connectivity index (χ2v) is 6.12. The van der Waals surface area contributed by atoms with E-state index in [0.29, 0.717) is 11.3 Å². The van der Waals surface area contributed by atoms with Gasteiger partial charge in [0.25, 0.3) is 11.8 Å². The van der Waals surface area contributed by atoms with Gasteiger partial charge in [0.2, 0.25) is 5.75 Å². The zero-order valence-electron chi connectivity index (χ0n) is 14.3. The lowest BCUT2D eigenvalue weighted by molar-refractivity contribution is -0.386. The van der Waals surface area contributed by atoms with Crippen molar-refractivity contribution in [2.24, 2.45) is 0 Å². The van der Waals surface area contributed by atoms with Gasteiger partial charge in [0.15, 0.2) is 5.75 Å². The average Bonchev–Trinajstić information content (AvgIpc) is 2.59. The molecule has 1 aromatic heterocycles. The Labute approximate surface area is 163 Å². The summed E-state index contributed by atoms with van der Waals surface area (Å²) < 4.78 is 4.82. The molecule has 0 aliphatic heterocycles. The number of nitro groups is 1. The van der Waals surface area contributed by atoms with E-state index in [1.54, 1.807) is 6.92 Å². The minimum Gasteiger partial charge on any atom is -0.500 e. The molecule has 0 saturated heterocycles. The molecule has 1 heterocycles. The van der Waals surface area contributed by atoms with Crippen molar-refractivity contribution in [3.05, 3.63) is 54.8 Å². The molecule has 0 bridgehead atoms. The molecule has 142 valence electrons. The summed E-state index contributed by atoms with van der Waals surface area (Å²) in [5.74, 6) is -2.88. The molecule has 0 atom stereocenters. The highest BCUT2D eigenvalue weighted by Gasteiger charge is 2.25. The summed E-state index contributed by atoms with van der Waals surface area (Å²) in [7, 11) is 1.16. The van der Waals surface area contributed by atoms with Crippen molar-refractivity contribution in [2.75, 3.05) is 7.11 Å². The zero-order valence-corrected chi connectivity index (χ0v) is 15.8. The van der Waals surface area contributed by atoms with Gasteiger partial charge in [0, 0.05) is 6.07 Å². The fraction of sp³-hybridized carbons (Fsp3) is 0.188. The molecule has 0 fully saturated rings. The van der Waals surface area contributed by atoms with Crippen molar-refractivity contribution >= 4 is 40.7 Å². The van der Waals surface area contributed by atoms with Gasteiger partial charge in [-0.3, -0.25) is 25.0 Å². The van der Waals surface area contributed by atoms with Crippen LogP contribution in [-0.4, -0.2) is 33.9 Å². The number of methoxy groups -OCH3 is 1. The number of nitro benzene ring substituents is 1. The quantitative estimate of drug-likeness (QED) is 0.340. The van der Waals surface area contributed by atoms with Gasteiger partial charge in [-0.2, -0.15) is 0 Å². The minimum absolute atomic E-state index is 0.0964. The van der Waals surface area contributed by atoms with E-state index < -0.39 is 28.2 Å². The molecular formula is C16H13Cl2N3O6. The van der Waals surface area contributed by atoms with E-state index in [2.05, 4.69) is 10.3 Å². The molecule has 0 aliphatic carbocycles. The van der Waals surface area contributed by atoms with Crippen LogP contribution in [0.1, 0.15) is 32.0 Å². The number of carbonyl (C=O) groups excluding carboxylic acids is 2. The lowest BCUT2D eigenvalue weighted by Crippen LogP contribution is -2.31. The number of nitrogens with one attached hydrogen (secondary N) is 1. The van der Waals surface area contributed by atoms with Crippen molar-refractivity contribution in [1.82, 2.24) is 10.3 Å². The molecule has 0 unspecified atom stereocenters. The molecule has 9 nitrogen and oxygen atoms in total. The van der Waals surface area contributed by atoms with Gasteiger partial charge >= 0.3 is 5.69 Å². The van der Waals surface area contributed by atoms with Crippen molar-refractivity contribution in [1.29, 1.82) is 0 Å². The molecular weight excluding hydrogens is 401 g/mol. The van der Waals surface area contributed by atoms with E-state index in [1.807, 2.05) is 0 Å². The van der Waals surface area contributed by atoms with Crippen LogP contribution in [0.3, 0.4) is 0 Å². The van der Waals surface area contributed by atoms with Crippen molar-refractivity contribution in [2.45, 2.75) is 13.8 Å². The van der Waals surface area contributed by atoms with Crippen LogP contribution in [0.4, 0.5) is 5.69 Å².